The third-order valence-electron chi connectivity index (χ3n) is 2.97. The lowest BCUT2D eigenvalue weighted by molar-refractivity contribution is 0.166. The number of rotatable bonds is 1. The highest BCUT2D eigenvalue weighted by atomic mass is 35.5. The molecule has 1 aromatic rings. The lowest BCUT2D eigenvalue weighted by Gasteiger charge is -2.16. The minimum Gasteiger partial charge on any atom is -0.496 e. The SMILES string of the molecule is COc1ccc(Cl)c2c1CCCCC2O. The van der Waals surface area contributed by atoms with E-state index in [1.165, 1.54) is 0 Å². The highest BCUT2D eigenvalue weighted by Crippen LogP contribution is 2.38. The maximum atomic E-state index is 10.0. The first-order chi connectivity index (χ1) is 7.24. The molecule has 15 heavy (non-hydrogen) atoms. The average Bonchev–Trinajstić information content (AvgIpc) is 2.42. The van der Waals surface area contributed by atoms with Crippen LogP contribution in [0.15, 0.2) is 12.1 Å². The van der Waals surface area contributed by atoms with Gasteiger partial charge in [-0.3, -0.25) is 0 Å². The van der Waals surface area contributed by atoms with Gasteiger partial charge in [0, 0.05) is 16.1 Å². The van der Waals surface area contributed by atoms with Crippen LogP contribution >= 0.6 is 11.6 Å². The Morgan fingerprint density at radius 1 is 1.40 bits per heavy atom. The average molecular weight is 227 g/mol. The first-order valence-electron chi connectivity index (χ1n) is 5.27. The highest BCUT2D eigenvalue weighted by molar-refractivity contribution is 6.31. The number of halogens is 1. The van der Waals surface area contributed by atoms with Gasteiger partial charge in [0.25, 0.3) is 0 Å². The van der Waals surface area contributed by atoms with Gasteiger partial charge in [-0.15, -0.1) is 0 Å². The van der Waals surface area contributed by atoms with Crippen LogP contribution in [0, 0.1) is 0 Å². The Morgan fingerprint density at radius 3 is 2.93 bits per heavy atom. The van der Waals surface area contributed by atoms with Crippen LogP contribution < -0.4 is 4.74 Å². The van der Waals surface area contributed by atoms with Crippen LogP contribution in [0.25, 0.3) is 0 Å². The Morgan fingerprint density at radius 2 is 2.20 bits per heavy atom. The topological polar surface area (TPSA) is 29.5 Å². The minimum absolute atomic E-state index is 0.440. The molecule has 1 atom stereocenters. The standard InChI is InChI=1S/C12H15ClO2/c1-15-11-7-6-9(13)12-8(11)4-2-3-5-10(12)14/h6-7,10,14H,2-5H2,1H3. The molecular weight excluding hydrogens is 212 g/mol. The van der Waals surface area contributed by atoms with Gasteiger partial charge in [-0.1, -0.05) is 18.0 Å². The number of fused-ring (bicyclic) bond motifs is 1. The fourth-order valence-electron chi connectivity index (χ4n) is 2.21. The molecule has 1 unspecified atom stereocenters. The molecular formula is C12H15ClO2. The highest BCUT2D eigenvalue weighted by Gasteiger charge is 2.22. The summed E-state index contributed by atoms with van der Waals surface area (Å²) < 4.78 is 5.30. The van der Waals surface area contributed by atoms with Crippen molar-refractivity contribution >= 4 is 11.6 Å². The first-order valence-corrected chi connectivity index (χ1v) is 5.65. The van der Waals surface area contributed by atoms with E-state index in [0.29, 0.717) is 5.02 Å². The van der Waals surface area contributed by atoms with Crippen LogP contribution in [-0.4, -0.2) is 12.2 Å². The van der Waals surface area contributed by atoms with Crippen molar-refractivity contribution in [3.63, 3.8) is 0 Å². The number of aliphatic hydroxyl groups excluding tert-OH is 1. The lowest BCUT2D eigenvalue weighted by atomic mass is 10.00. The molecule has 1 aliphatic carbocycles. The van der Waals surface area contributed by atoms with Gasteiger partial charge >= 0.3 is 0 Å². The van der Waals surface area contributed by atoms with Gasteiger partial charge in [0.05, 0.1) is 13.2 Å². The van der Waals surface area contributed by atoms with Gasteiger partial charge in [-0.05, 0) is 31.4 Å². The Labute approximate surface area is 94.8 Å². The van der Waals surface area contributed by atoms with E-state index in [4.69, 9.17) is 16.3 Å². The summed E-state index contributed by atoms with van der Waals surface area (Å²) in [7, 11) is 1.65. The van der Waals surface area contributed by atoms with Crippen molar-refractivity contribution in [3.05, 3.63) is 28.3 Å². The summed E-state index contributed by atoms with van der Waals surface area (Å²) in [5.74, 6) is 0.843. The molecule has 2 nitrogen and oxygen atoms in total. The van der Waals surface area contributed by atoms with Crippen molar-refractivity contribution in [2.24, 2.45) is 0 Å². The van der Waals surface area contributed by atoms with E-state index < -0.39 is 6.10 Å². The van der Waals surface area contributed by atoms with Crippen molar-refractivity contribution in [2.45, 2.75) is 31.8 Å². The summed E-state index contributed by atoms with van der Waals surface area (Å²) in [6.07, 6.45) is 3.41. The zero-order valence-corrected chi connectivity index (χ0v) is 9.55. The summed E-state index contributed by atoms with van der Waals surface area (Å²) in [5.41, 5.74) is 1.95. The van der Waals surface area contributed by atoms with E-state index in [9.17, 15) is 5.11 Å². The zero-order valence-electron chi connectivity index (χ0n) is 8.79. The number of hydrogen-bond donors (Lipinski definition) is 1. The normalized spacial score (nSPS) is 20.6. The Bertz CT molecular complexity index is 363. The summed E-state index contributed by atoms with van der Waals surface area (Å²) in [4.78, 5) is 0. The molecule has 0 aliphatic heterocycles. The molecule has 1 aromatic carbocycles. The quantitative estimate of drug-likeness (QED) is 0.746. The summed E-state index contributed by atoms with van der Waals surface area (Å²) in [6.45, 7) is 0. The van der Waals surface area contributed by atoms with Gasteiger partial charge in [-0.2, -0.15) is 0 Å². The smallest absolute Gasteiger partial charge is 0.122 e. The van der Waals surface area contributed by atoms with Gasteiger partial charge in [0.2, 0.25) is 0 Å². The maximum absolute atomic E-state index is 10.0. The van der Waals surface area contributed by atoms with E-state index in [-0.39, 0.29) is 0 Å². The molecule has 1 aliphatic rings. The van der Waals surface area contributed by atoms with Crippen LogP contribution in [0.2, 0.25) is 5.02 Å². The van der Waals surface area contributed by atoms with Crippen molar-refractivity contribution < 1.29 is 9.84 Å². The monoisotopic (exact) mass is 226 g/mol. The van der Waals surface area contributed by atoms with E-state index in [2.05, 4.69) is 0 Å². The zero-order chi connectivity index (χ0) is 10.8. The maximum Gasteiger partial charge on any atom is 0.122 e. The van der Waals surface area contributed by atoms with E-state index in [1.807, 2.05) is 6.07 Å². The molecule has 0 fully saturated rings. The molecule has 0 amide bonds. The Kier molecular flexibility index (Phi) is 3.17. The summed E-state index contributed by atoms with van der Waals surface area (Å²) >= 11 is 6.12. The van der Waals surface area contributed by atoms with E-state index in [1.54, 1.807) is 13.2 Å². The number of ether oxygens (including phenoxy) is 1. The van der Waals surface area contributed by atoms with Crippen LogP contribution in [0.1, 0.15) is 36.5 Å². The van der Waals surface area contributed by atoms with Gasteiger partial charge in [-0.25, -0.2) is 0 Å². The molecule has 0 saturated heterocycles. The van der Waals surface area contributed by atoms with Crippen molar-refractivity contribution in [1.82, 2.24) is 0 Å². The molecule has 0 heterocycles. The predicted molar refractivity (Wildman–Crippen MR) is 60.5 cm³/mol. The van der Waals surface area contributed by atoms with E-state index in [0.717, 1.165) is 42.6 Å². The summed E-state index contributed by atoms with van der Waals surface area (Å²) in [6, 6.07) is 3.67. The molecule has 0 bridgehead atoms. The van der Waals surface area contributed by atoms with E-state index >= 15 is 0 Å². The molecule has 1 N–H and O–H groups in total. The second-order valence-corrected chi connectivity index (χ2v) is 4.31. The van der Waals surface area contributed by atoms with Crippen molar-refractivity contribution in [2.75, 3.05) is 7.11 Å². The predicted octanol–water partition coefficient (Wildman–Crippen LogP) is 3.11. The lowest BCUT2D eigenvalue weighted by Crippen LogP contribution is -2.02. The minimum atomic E-state index is -0.440. The van der Waals surface area contributed by atoms with Crippen LogP contribution in [0.3, 0.4) is 0 Å². The first kappa shape index (κ1) is 10.8. The van der Waals surface area contributed by atoms with Gasteiger partial charge in [0.15, 0.2) is 0 Å². The number of hydrogen-bond acceptors (Lipinski definition) is 2. The fraction of sp³-hybridized carbons (Fsp3) is 0.500. The van der Waals surface area contributed by atoms with Crippen LogP contribution in [0.4, 0.5) is 0 Å². The Balaban J connectivity index is 2.55. The molecule has 0 aromatic heterocycles. The summed E-state index contributed by atoms with van der Waals surface area (Å²) in [5, 5.41) is 10.7. The second kappa shape index (κ2) is 4.42. The third kappa shape index (κ3) is 1.97. The van der Waals surface area contributed by atoms with Gasteiger partial charge < -0.3 is 9.84 Å². The molecule has 0 radical (unpaired) electrons. The number of methoxy groups -OCH3 is 1. The third-order valence-corrected chi connectivity index (χ3v) is 3.30. The molecule has 0 spiro atoms. The molecule has 0 saturated carbocycles. The molecule has 3 heteroatoms. The Hall–Kier alpha value is -0.730. The fourth-order valence-corrected chi connectivity index (χ4v) is 2.51. The second-order valence-electron chi connectivity index (χ2n) is 3.90. The van der Waals surface area contributed by atoms with Crippen LogP contribution in [0.5, 0.6) is 5.75 Å². The van der Waals surface area contributed by atoms with Crippen LogP contribution in [-0.2, 0) is 6.42 Å². The number of aliphatic hydroxyl groups is 1. The molecule has 82 valence electrons. The van der Waals surface area contributed by atoms with Gasteiger partial charge in [0.1, 0.15) is 5.75 Å². The van der Waals surface area contributed by atoms with Crippen molar-refractivity contribution in [1.29, 1.82) is 0 Å². The largest absolute Gasteiger partial charge is 0.496 e. The van der Waals surface area contributed by atoms with Crippen molar-refractivity contribution in [3.8, 4) is 5.75 Å². The number of benzene rings is 1. The molecule has 2 rings (SSSR count).